The van der Waals surface area contributed by atoms with Gasteiger partial charge in [-0.25, -0.2) is 4.98 Å². The highest BCUT2D eigenvalue weighted by atomic mass is 32.1. The Morgan fingerprint density at radius 3 is 2.95 bits per heavy atom. The van der Waals surface area contributed by atoms with Gasteiger partial charge in [0, 0.05) is 24.4 Å². The first-order valence-corrected chi connectivity index (χ1v) is 7.87. The van der Waals surface area contributed by atoms with Gasteiger partial charge in [-0.05, 0) is 25.8 Å². The molecule has 2 unspecified atom stereocenters. The average Bonchev–Trinajstić information content (AvgIpc) is 3.00. The Morgan fingerprint density at radius 2 is 2.25 bits per heavy atom. The molecule has 108 valence electrons. The van der Waals surface area contributed by atoms with Gasteiger partial charge in [-0.2, -0.15) is 4.98 Å². The fraction of sp³-hybridized carbons (Fsp3) is 0.571. The largest absolute Gasteiger partial charge is 0.393 e. The number of aliphatic hydroxyl groups is 1. The molecule has 1 saturated carbocycles. The molecule has 2 heterocycles. The van der Waals surface area contributed by atoms with Crippen LogP contribution in [0.15, 0.2) is 6.07 Å². The van der Waals surface area contributed by atoms with Gasteiger partial charge in [-0.15, -0.1) is 11.3 Å². The molecule has 5 nitrogen and oxygen atoms in total. The van der Waals surface area contributed by atoms with Crippen LogP contribution in [0.25, 0.3) is 10.2 Å². The SMILES string of the molecule is CNc1nc(NCC2CCCC2O)c2cc(C)sc2n1. The normalized spacial score (nSPS) is 22.4. The summed E-state index contributed by atoms with van der Waals surface area (Å²) in [6, 6.07) is 2.12. The molecule has 0 radical (unpaired) electrons. The minimum absolute atomic E-state index is 0.173. The van der Waals surface area contributed by atoms with E-state index >= 15 is 0 Å². The number of thiophene rings is 1. The number of hydrogen-bond donors (Lipinski definition) is 3. The summed E-state index contributed by atoms with van der Waals surface area (Å²) in [5.74, 6) is 1.83. The molecule has 0 aromatic carbocycles. The maximum absolute atomic E-state index is 9.90. The van der Waals surface area contributed by atoms with Gasteiger partial charge in [0.05, 0.1) is 11.5 Å². The van der Waals surface area contributed by atoms with Gasteiger partial charge in [-0.3, -0.25) is 0 Å². The van der Waals surface area contributed by atoms with E-state index in [9.17, 15) is 5.11 Å². The lowest BCUT2D eigenvalue weighted by Gasteiger charge is -2.16. The number of aliphatic hydroxyl groups excluding tert-OH is 1. The number of nitrogens with zero attached hydrogens (tertiary/aromatic N) is 2. The predicted octanol–water partition coefficient (Wildman–Crippen LogP) is 2.61. The first-order valence-electron chi connectivity index (χ1n) is 7.05. The molecular weight excluding hydrogens is 272 g/mol. The molecule has 2 aromatic heterocycles. The Bertz CT molecular complexity index is 612. The van der Waals surface area contributed by atoms with Crippen LogP contribution < -0.4 is 10.6 Å². The first-order chi connectivity index (χ1) is 9.67. The standard InChI is InChI=1S/C14H20N4OS/c1-8-6-10-12(16-7-9-4-3-5-11(9)19)17-14(15-2)18-13(10)20-8/h6,9,11,19H,3-5,7H2,1-2H3,(H2,15,16,17,18). The van der Waals surface area contributed by atoms with Gasteiger partial charge in [0.25, 0.3) is 0 Å². The number of anilines is 2. The molecule has 0 aliphatic heterocycles. The quantitative estimate of drug-likeness (QED) is 0.808. The number of rotatable bonds is 4. The second-order valence-corrected chi connectivity index (χ2v) is 6.60. The molecule has 1 aliphatic rings. The minimum atomic E-state index is -0.173. The lowest BCUT2D eigenvalue weighted by atomic mass is 10.1. The predicted molar refractivity (Wildman–Crippen MR) is 83.5 cm³/mol. The van der Waals surface area contributed by atoms with Crippen molar-refractivity contribution in [2.75, 3.05) is 24.2 Å². The fourth-order valence-electron chi connectivity index (χ4n) is 2.77. The van der Waals surface area contributed by atoms with Gasteiger partial charge < -0.3 is 15.7 Å². The van der Waals surface area contributed by atoms with Crippen molar-refractivity contribution in [3.05, 3.63) is 10.9 Å². The lowest BCUT2D eigenvalue weighted by molar-refractivity contribution is 0.138. The van der Waals surface area contributed by atoms with E-state index in [1.807, 2.05) is 7.05 Å². The van der Waals surface area contributed by atoms with E-state index in [4.69, 9.17) is 0 Å². The number of fused-ring (bicyclic) bond motifs is 1. The molecule has 20 heavy (non-hydrogen) atoms. The molecule has 0 amide bonds. The monoisotopic (exact) mass is 292 g/mol. The van der Waals surface area contributed by atoms with Crippen LogP contribution in [0, 0.1) is 12.8 Å². The topological polar surface area (TPSA) is 70.1 Å². The van der Waals surface area contributed by atoms with Crippen molar-refractivity contribution in [3.63, 3.8) is 0 Å². The smallest absolute Gasteiger partial charge is 0.225 e. The molecule has 3 N–H and O–H groups in total. The number of nitrogens with one attached hydrogen (secondary N) is 2. The first kappa shape index (κ1) is 13.6. The molecule has 0 saturated heterocycles. The highest BCUT2D eigenvalue weighted by Gasteiger charge is 2.25. The molecule has 0 bridgehead atoms. The van der Waals surface area contributed by atoms with Crippen LogP contribution in [0.3, 0.4) is 0 Å². The van der Waals surface area contributed by atoms with Crippen LogP contribution >= 0.6 is 11.3 Å². The summed E-state index contributed by atoms with van der Waals surface area (Å²) < 4.78 is 0. The van der Waals surface area contributed by atoms with E-state index in [-0.39, 0.29) is 6.10 Å². The zero-order valence-electron chi connectivity index (χ0n) is 11.8. The van der Waals surface area contributed by atoms with Gasteiger partial charge in [0.2, 0.25) is 5.95 Å². The van der Waals surface area contributed by atoms with Crippen LogP contribution in [0.5, 0.6) is 0 Å². The summed E-state index contributed by atoms with van der Waals surface area (Å²) in [6.45, 7) is 2.85. The third-order valence-corrected chi connectivity index (χ3v) is 4.83. The van der Waals surface area contributed by atoms with Gasteiger partial charge in [-0.1, -0.05) is 6.42 Å². The van der Waals surface area contributed by atoms with Crippen molar-refractivity contribution < 1.29 is 5.11 Å². The third kappa shape index (κ3) is 2.58. The molecular formula is C14H20N4OS. The Labute approximate surface area is 122 Å². The maximum Gasteiger partial charge on any atom is 0.225 e. The van der Waals surface area contributed by atoms with Crippen molar-refractivity contribution >= 4 is 33.3 Å². The van der Waals surface area contributed by atoms with Crippen LogP contribution in [-0.4, -0.2) is 34.8 Å². The summed E-state index contributed by atoms with van der Waals surface area (Å²) in [5.41, 5.74) is 0. The van der Waals surface area contributed by atoms with E-state index in [1.54, 1.807) is 11.3 Å². The average molecular weight is 292 g/mol. The van der Waals surface area contributed by atoms with Crippen LogP contribution in [0.4, 0.5) is 11.8 Å². The molecule has 0 spiro atoms. The number of hydrogen-bond acceptors (Lipinski definition) is 6. The zero-order chi connectivity index (χ0) is 14.1. The molecule has 2 aromatic rings. The molecule has 3 rings (SSSR count). The highest BCUT2D eigenvalue weighted by molar-refractivity contribution is 7.18. The van der Waals surface area contributed by atoms with Gasteiger partial charge >= 0.3 is 0 Å². The van der Waals surface area contributed by atoms with Crippen molar-refractivity contribution in [1.29, 1.82) is 0 Å². The fourth-order valence-corrected chi connectivity index (χ4v) is 3.65. The Balaban J connectivity index is 1.85. The summed E-state index contributed by atoms with van der Waals surface area (Å²) in [4.78, 5) is 11.2. The molecule has 1 fully saturated rings. The summed E-state index contributed by atoms with van der Waals surface area (Å²) in [5, 5.41) is 17.4. The van der Waals surface area contributed by atoms with E-state index in [0.29, 0.717) is 11.9 Å². The van der Waals surface area contributed by atoms with Crippen LogP contribution in [0.1, 0.15) is 24.1 Å². The van der Waals surface area contributed by atoms with Crippen molar-refractivity contribution in [2.24, 2.45) is 5.92 Å². The lowest BCUT2D eigenvalue weighted by Crippen LogP contribution is -2.22. The highest BCUT2D eigenvalue weighted by Crippen LogP contribution is 2.31. The van der Waals surface area contributed by atoms with Gasteiger partial charge in [0.1, 0.15) is 10.6 Å². The Morgan fingerprint density at radius 1 is 1.40 bits per heavy atom. The van der Waals surface area contributed by atoms with Gasteiger partial charge in [0.15, 0.2) is 0 Å². The zero-order valence-corrected chi connectivity index (χ0v) is 12.6. The van der Waals surface area contributed by atoms with E-state index < -0.39 is 0 Å². The summed E-state index contributed by atoms with van der Waals surface area (Å²) in [6.07, 6.45) is 2.95. The van der Waals surface area contributed by atoms with E-state index in [2.05, 4.69) is 33.6 Å². The number of aryl methyl sites for hydroxylation is 1. The van der Waals surface area contributed by atoms with E-state index in [0.717, 1.165) is 41.8 Å². The second kappa shape index (κ2) is 5.54. The summed E-state index contributed by atoms with van der Waals surface area (Å²) >= 11 is 1.67. The van der Waals surface area contributed by atoms with Crippen LogP contribution in [-0.2, 0) is 0 Å². The number of aromatic nitrogens is 2. The Kier molecular flexibility index (Phi) is 3.76. The second-order valence-electron chi connectivity index (χ2n) is 5.36. The minimum Gasteiger partial charge on any atom is -0.393 e. The third-order valence-electron chi connectivity index (χ3n) is 3.89. The molecule has 1 aliphatic carbocycles. The summed E-state index contributed by atoms with van der Waals surface area (Å²) in [7, 11) is 1.83. The molecule has 6 heteroatoms. The van der Waals surface area contributed by atoms with Crippen molar-refractivity contribution in [1.82, 2.24) is 9.97 Å². The maximum atomic E-state index is 9.90. The van der Waals surface area contributed by atoms with E-state index in [1.165, 1.54) is 4.88 Å². The Hall–Kier alpha value is -1.40. The van der Waals surface area contributed by atoms with Crippen LogP contribution in [0.2, 0.25) is 0 Å². The van der Waals surface area contributed by atoms with Crippen molar-refractivity contribution in [2.45, 2.75) is 32.3 Å². The molecule has 2 atom stereocenters. The van der Waals surface area contributed by atoms with Crippen molar-refractivity contribution in [3.8, 4) is 0 Å².